The van der Waals surface area contributed by atoms with E-state index in [4.69, 9.17) is 0 Å². The summed E-state index contributed by atoms with van der Waals surface area (Å²) in [7, 11) is -3.83. The summed E-state index contributed by atoms with van der Waals surface area (Å²) in [6.07, 6.45) is 1.40. The van der Waals surface area contributed by atoms with Crippen LogP contribution >= 0.6 is 0 Å². The number of benzene rings is 3. The average molecular weight is 448 g/mol. The van der Waals surface area contributed by atoms with Crippen LogP contribution in [0.5, 0.6) is 0 Å². The molecule has 5 rings (SSSR count). The highest BCUT2D eigenvalue weighted by atomic mass is 32.2. The number of halogens is 1. The molecule has 0 unspecified atom stereocenters. The number of aromatic nitrogens is 1. The minimum absolute atomic E-state index is 0.106. The zero-order valence-corrected chi connectivity index (χ0v) is 18.2. The van der Waals surface area contributed by atoms with Crippen molar-refractivity contribution < 1.29 is 12.8 Å². The van der Waals surface area contributed by atoms with Crippen molar-refractivity contribution in [1.29, 1.82) is 0 Å². The molecule has 7 heteroatoms. The van der Waals surface area contributed by atoms with E-state index in [1.54, 1.807) is 36.4 Å². The van der Waals surface area contributed by atoms with Crippen LogP contribution in [0.25, 0.3) is 10.9 Å². The zero-order chi connectivity index (χ0) is 22.1. The molecule has 0 radical (unpaired) electrons. The summed E-state index contributed by atoms with van der Waals surface area (Å²) in [5, 5.41) is 0.509. The minimum Gasteiger partial charge on any atom is -0.368 e. The first kappa shape index (κ1) is 20.5. The van der Waals surface area contributed by atoms with Crippen LogP contribution in [0.1, 0.15) is 0 Å². The van der Waals surface area contributed by atoms with Gasteiger partial charge in [0.05, 0.1) is 16.1 Å². The van der Waals surface area contributed by atoms with Crippen LogP contribution in [0.3, 0.4) is 0 Å². The van der Waals surface area contributed by atoms with Gasteiger partial charge in [-0.3, -0.25) is 4.98 Å². The molecule has 1 fully saturated rings. The topological polar surface area (TPSA) is 53.5 Å². The molecule has 162 valence electrons. The van der Waals surface area contributed by atoms with Gasteiger partial charge in [0, 0.05) is 43.4 Å². The summed E-state index contributed by atoms with van der Waals surface area (Å²) < 4.78 is 41.3. The molecule has 0 atom stereocenters. The second-order valence-corrected chi connectivity index (χ2v) is 9.68. The molecule has 4 aromatic rings. The summed E-state index contributed by atoms with van der Waals surface area (Å²) in [6.45, 7) is 2.69. The summed E-state index contributed by atoms with van der Waals surface area (Å²) in [6, 6.07) is 22.8. The van der Waals surface area contributed by atoms with Gasteiger partial charge in [-0.2, -0.15) is 0 Å². The second-order valence-electron chi connectivity index (χ2n) is 7.76. The van der Waals surface area contributed by atoms with Crippen molar-refractivity contribution in [3.05, 3.63) is 90.9 Å². The molecule has 0 spiro atoms. The molecule has 1 aliphatic heterocycles. The SMILES string of the molecule is O=S(=O)(c1ccccc1)c1cnc2ccc(F)cc2c1N1CCN(c2ccccc2)CC1. The Morgan fingerprint density at radius 2 is 1.41 bits per heavy atom. The van der Waals surface area contributed by atoms with E-state index < -0.39 is 15.7 Å². The standard InChI is InChI=1S/C25H22FN3O2S/c26-19-11-12-23-22(17-19)25(24(18-27-23)32(30,31)21-9-5-2-6-10-21)29-15-13-28(14-16-29)20-7-3-1-4-8-20/h1-12,17-18H,13-16H2. The maximum Gasteiger partial charge on any atom is 0.210 e. The van der Waals surface area contributed by atoms with Crippen molar-refractivity contribution >= 4 is 32.1 Å². The molecule has 1 saturated heterocycles. The Labute approximate surface area is 186 Å². The first-order valence-corrected chi connectivity index (χ1v) is 12.0. The Balaban J connectivity index is 1.60. The molecule has 0 saturated carbocycles. The number of hydrogen-bond donors (Lipinski definition) is 0. The molecule has 0 bridgehead atoms. The lowest BCUT2D eigenvalue weighted by Crippen LogP contribution is -2.47. The minimum atomic E-state index is -3.83. The number of anilines is 2. The van der Waals surface area contributed by atoms with Crippen molar-refractivity contribution in [2.75, 3.05) is 36.0 Å². The lowest BCUT2D eigenvalue weighted by atomic mass is 10.1. The predicted octanol–water partition coefficient (Wildman–Crippen LogP) is 4.53. The zero-order valence-electron chi connectivity index (χ0n) is 17.4. The second kappa shape index (κ2) is 8.24. The molecular weight excluding hydrogens is 425 g/mol. The normalized spacial score (nSPS) is 14.7. The van der Waals surface area contributed by atoms with Crippen molar-refractivity contribution in [3.63, 3.8) is 0 Å². The summed E-state index contributed by atoms with van der Waals surface area (Å²) >= 11 is 0. The summed E-state index contributed by atoms with van der Waals surface area (Å²) in [4.78, 5) is 8.96. The average Bonchev–Trinajstić information content (AvgIpc) is 2.84. The molecule has 0 aliphatic carbocycles. The fourth-order valence-electron chi connectivity index (χ4n) is 4.21. The highest BCUT2D eigenvalue weighted by Gasteiger charge is 2.29. The van der Waals surface area contributed by atoms with Crippen LogP contribution in [-0.4, -0.2) is 39.6 Å². The number of hydrogen-bond acceptors (Lipinski definition) is 5. The van der Waals surface area contributed by atoms with E-state index in [0.717, 1.165) is 18.8 Å². The Kier molecular flexibility index (Phi) is 5.27. The molecule has 1 aliphatic rings. The fourth-order valence-corrected chi connectivity index (χ4v) is 5.66. The quantitative estimate of drug-likeness (QED) is 0.460. The lowest BCUT2D eigenvalue weighted by Gasteiger charge is -2.38. The van der Waals surface area contributed by atoms with Crippen LogP contribution in [-0.2, 0) is 9.84 Å². The number of pyridine rings is 1. The highest BCUT2D eigenvalue weighted by molar-refractivity contribution is 7.91. The number of rotatable bonds is 4. The third-order valence-electron chi connectivity index (χ3n) is 5.83. The van der Waals surface area contributed by atoms with Crippen molar-refractivity contribution in [1.82, 2.24) is 4.98 Å². The smallest absolute Gasteiger partial charge is 0.210 e. The summed E-state index contributed by atoms with van der Waals surface area (Å²) in [5.74, 6) is -0.419. The van der Waals surface area contributed by atoms with E-state index in [0.29, 0.717) is 29.7 Å². The Bertz CT molecular complexity index is 1350. The number of fused-ring (bicyclic) bond motifs is 1. The van der Waals surface area contributed by atoms with E-state index in [1.165, 1.54) is 18.3 Å². The van der Waals surface area contributed by atoms with E-state index >= 15 is 0 Å². The first-order valence-electron chi connectivity index (χ1n) is 10.5. The van der Waals surface area contributed by atoms with Gasteiger partial charge < -0.3 is 9.80 Å². The number of para-hydroxylation sites is 1. The van der Waals surface area contributed by atoms with Gasteiger partial charge in [0.2, 0.25) is 9.84 Å². The van der Waals surface area contributed by atoms with Crippen LogP contribution in [0.4, 0.5) is 15.8 Å². The van der Waals surface area contributed by atoms with E-state index in [-0.39, 0.29) is 9.79 Å². The van der Waals surface area contributed by atoms with Crippen LogP contribution < -0.4 is 9.80 Å². The molecule has 0 N–H and O–H groups in total. The molecule has 3 aromatic carbocycles. The van der Waals surface area contributed by atoms with Gasteiger partial charge in [-0.15, -0.1) is 0 Å². The van der Waals surface area contributed by atoms with E-state index in [9.17, 15) is 12.8 Å². The molecule has 5 nitrogen and oxygen atoms in total. The molecule has 0 amide bonds. The van der Waals surface area contributed by atoms with Crippen LogP contribution in [0.15, 0.2) is 94.9 Å². The Morgan fingerprint density at radius 3 is 2.09 bits per heavy atom. The van der Waals surface area contributed by atoms with Gasteiger partial charge in [0.15, 0.2) is 0 Å². The third kappa shape index (κ3) is 3.69. The molecular formula is C25H22FN3O2S. The largest absolute Gasteiger partial charge is 0.368 e. The van der Waals surface area contributed by atoms with Gasteiger partial charge in [0.1, 0.15) is 10.7 Å². The van der Waals surface area contributed by atoms with Crippen molar-refractivity contribution in [2.45, 2.75) is 9.79 Å². The fraction of sp³-hybridized carbons (Fsp3) is 0.160. The van der Waals surface area contributed by atoms with Gasteiger partial charge >= 0.3 is 0 Å². The van der Waals surface area contributed by atoms with Gasteiger partial charge in [-0.1, -0.05) is 36.4 Å². The van der Waals surface area contributed by atoms with Gasteiger partial charge in [-0.05, 0) is 42.5 Å². The lowest BCUT2D eigenvalue weighted by molar-refractivity contribution is 0.593. The van der Waals surface area contributed by atoms with E-state index in [2.05, 4.69) is 22.0 Å². The number of nitrogens with zero attached hydrogens (tertiary/aromatic N) is 3. The maximum atomic E-state index is 14.2. The third-order valence-corrected chi connectivity index (χ3v) is 7.60. The highest BCUT2D eigenvalue weighted by Crippen LogP contribution is 2.36. The summed E-state index contributed by atoms with van der Waals surface area (Å²) in [5.41, 5.74) is 2.22. The molecule has 2 heterocycles. The Morgan fingerprint density at radius 1 is 0.781 bits per heavy atom. The van der Waals surface area contributed by atoms with Gasteiger partial charge in [-0.25, -0.2) is 12.8 Å². The van der Waals surface area contributed by atoms with Crippen molar-refractivity contribution in [3.8, 4) is 0 Å². The Hall–Kier alpha value is -3.45. The predicted molar refractivity (Wildman–Crippen MR) is 124 cm³/mol. The molecule has 32 heavy (non-hydrogen) atoms. The number of piperazine rings is 1. The first-order chi connectivity index (χ1) is 15.5. The molecule has 1 aromatic heterocycles. The van der Waals surface area contributed by atoms with E-state index in [1.807, 2.05) is 23.1 Å². The number of sulfone groups is 1. The maximum absolute atomic E-state index is 14.2. The monoisotopic (exact) mass is 447 g/mol. The van der Waals surface area contributed by atoms with Gasteiger partial charge in [0.25, 0.3) is 0 Å². The van der Waals surface area contributed by atoms with Crippen LogP contribution in [0.2, 0.25) is 0 Å². The van der Waals surface area contributed by atoms with Crippen LogP contribution in [0, 0.1) is 5.82 Å². The van der Waals surface area contributed by atoms with Crippen molar-refractivity contribution in [2.24, 2.45) is 0 Å².